The second-order valence-corrected chi connectivity index (χ2v) is 3.99. The van der Waals surface area contributed by atoms with Crippen molar-refractivity contribution in [2.45, 2.75) is 13.5 Å². The highest BCUT2D eigenvalue weighted by atomic mass is 16.5. The number of carboxylic acid groups (broad SMARTS) is 1. The number of aryl methyl sites for hydroxylation is 1. The Morgan fingerprint density at radius 1 is 1.47 bits per heavy atom. The highest BCUT2D eigenvalue weighted by Crippen LogP contribution is 2.21. The Bertz CT molecular complexity index is 652. The van der Waals surface area contributed by atoms with E-state index in [-0.39, 0.29) is 12.2 Å². The molecule has 0 atom stereocenters. The molecule has 2 rings (SSSR count). The zero-order valence-electron chi connectivity index (χ0n) is 10.2. The van der Waals surface area contributed by atoms with Gasteiger partial charge in [0.05, 0.1) is 17.2 Å². The van der Waals surface area contributed by atoms with E-state index < -0.39 is 5.97 Å². The van der Waals surface area contributed by atoms with Crippen LogP contribution in [0.2, 0.25) is 0 Å². The Kier molecular flexibility index (Phi) is 3.53. The fraction of sp³-hybridized carbons (Fsp3) is 0.143. The van der Waals surface area contributed by atoms with E-state index in [4.69, 9.17) is 19.5 Å². The predicted octanol–water partition coefficient (Wildman–Crippen LogP) is 2.74. The molecule has 0 radical (unpaired) electrons. The number of rotatable bonds is 4. The van der Waals surface area contributed by atoms with E-state index in [0.717, 1.165) is 5.56 Å². The van der Waals surface area contributed by atoms with E-state index in [2.05, 4.69) is 0 Å². The number of hydrogen-bond donors (Lipinski definition) is 1. The molecule has 0 aliphatic heterocycles. The zero-order valence-corrected chi connectivity index (χ0v) is 10.2. The summed E-state index contributed by atoms with van der Waals surface area (Å²) in [6, 6.07) is 8.57. The molecule has 0 amide bonds. The molecule has 0 saturated carbocycles. The molecule has 0 aliphatic rings. The molecule has 1 aromatic heterocycles. The average molecular weight is 257 g/mol. The highest BCUT2D eigenvalue weighted by Gasteiger charge is 2.09. The van der Waals surface area contributed by atoms with E-state index >= 15 is 0 Å². The lowest BCUT2D eigenvalue weighted by atomic mass is 10.1. The lowest BCUT2D eigenvalue weighted by molar-refractivity contribution is 0.0696. The van der Waals surface area contributed by atoms with Gasteiger partial charge in [-0.25, -0.2) is 4.79 Å². The van der Waals surface area contributed by atoms with Gasteiger partial charge in [0.15, 0.2) is 0 Å². The summed E-state index contributed by atoms with van der Waals surface area (Å²) in [7, 11) is 0. The molecule has 0 bridgehead atoms. The first-order valence-corrected chi connectivity index (χ1v) is 5.54. The quantitative estimate of drug-likeness (QED) is 0.910. The minimum absolute atomic E-state index is 0.0843. The van der Waals surface area contributed by atoms with Crippen molar-refractivity contribution in [2.75, 3.05) is 0 Å². The van der Waals surface area contributed by atoms with Gasteiger partial charge < -0.3 is 14.3 Å². The third-order valence-electron chi connectivity index (χ3n) is 2.59. The Morgan fingerprint density at radius 3 is 2.89 bits per heavy atom. The van der Waals surface area contributed by atoms with Gasteiger partial charge >= 0.3 is 5.97 Å². The number of carbonyl (C=O) groups is 1. The first kappa shape index (κ1) is 12.7. The lowest BCUT2D eigenvalue weighted by Crippen LogP contribution is -1.97. The van der Waals surface area contributed by atoms with Crippen LogP contribution < -0.4 is 4.74 Å². The van der Waals surface area contributed by atoms with E-state index in [1.54, 1.807) is 18.2 Å². The standard InChI is InChI=1S/C14H11NO4/c1-9-2-3-10(6-15)4-13(9)19-8-12-5-11(7-18-12)14(16)17/h2-5,7H,8H2,1H3,(H,16,17). The molecule has 0 saturated heterocycles. The van der Waals surface area contributed by atoms with Gasteiger partial charge in [-0.15, -0.1) is 0 Å². The summed E-state index contributed by atoms with van der Waals surface area (Å²) < 4.78 is 10.6. The molecule has 5 heteroatoms. The maximum Gasteiger partial charge on any atom is 0.338 e. The van der Waals surface area contributed by atoms with E-state index in [1.165, 1.54) is 12.3 Å². The normalized spacial score (nSPS) is 9.89. The van der Waals surface area contributed by atoms with Crippen molar-refractivity contribution >= 4 is 5.97 Å². The number of ether oxygens (including phenoxy) is 1. The monoisotopic (exact) mass is 257 g/mol. The van der Waals surface area contributed by atoms with Gasteiger partial charge in [0, 0.05) is 0 Å². The summed E-state index contributed by atoms with van der Waals surface area (Å²) >= 11 is 0. The number of furan rings is 1. The highest BCUT2D eigenvalue weighted by molar-refractivity contribution is 5.87. The second kappa shape index (κ2) is 5.27. The minimum atomic E-state index is -1.04. The molecule has 5 nitrogen and oxygen atoms in total. The van der Waals surface area contributed by atoms with Crippen molar-refractivity contribution in [2.24, 2.45) is 0 Å². The lowest BCUT2D eigenvalue weighted by Gasteiger charge is -2.07. The minimum Gasteiger partial charge on any atom is -0.485 e. The zero-order chi connectivity index (χ0) is 13.8. The van der Waals surface area contributed by atoms with Crippen LogP contribution in [0.25, 0.3) is 0 Å². The summed E-state index contributed by atoms with van der Waals surface area (Å²) in [5.41, 5.74) is 1.48. The van der Waals surface area contributed by atoms with E-state index in [9.17, 15) is 4.79 Å². The summed E-state index contributed by atoms with van der Waals surface area (Å²) in [4.78, 5) is 10.7. The summed E-state index contributed by atoms with van der Waals surface area (Å²) in [5, 5.41) is 17.6. The average Bonchev–Trinajstić information content (AvgIpc) is 2.87. The molecular weight excluding hydrogens is 246 g/mol. The molecule has 1 heterocycles. The van der Waals surface area contributed by atoms with Crippen LogP contribution in [0.15, 0.2) is 34.9 Å². The molecule has 0 unspecified atom stereocenters. The molecule has 1 aromatic carbocycles. The largest absolute Gasteiger partial charge is 0.485 e. The number of aromatic carboxylic acids is 1. The van der Waals surface area contributed by atoms with Gasteiger partial charge in [0.1, 0.15) is 24.4 Å². The molecule has 96 valence electrons. The van der Waals surface area contributed by atoms with E-state index in [0.29, 0.717) is 17.1 Å². The predicted molar refractivity (Wildman–Crippen MR) is 65.9 cm³/mol. The first-order valence-electron chi connectivity index (χ1n) is 5.54. The van der Waals surface area contributed by atoms with E-state index in [1.807, 2.05) is 13.0 Å². The number of nitriles is 1. The van der Waals surface area contributed by atoms with Crippen LogP contribution in [0.3, 0.4) is 0 Å². The Balaban J connectivity index is 2.09. The van der Waals surface area contributed by atoms with Gasteiger partial charge in [0.2, 0.25) is 0 Å². The SMILES string of the molecule is Cc1ccc(C#N)cc1OCc1cc(C(=O)O)co1. The maximum absolute atomic E-state index is 10.7. The van der Waals surface area contributed by atoms with Crippen molar-refractivity contribution in [1.82, 2.24) is 0 Å². The van der Waals surface area contributed by atoms with Gasteiger partial charge in [-0.2, -0.15) is 5.26 Å². The van der Waals surface area contributed by atoms with Crippen LogP contribution in [0.4, 0.5) is 0 Å². The van der Waals surface area contributed by atoms with Crippen molar-refractivity contribution in [3.8, 4) is 11.8 Å². The van der Waals surface area contributed by atoms with Crippen LogP contribution in [-0.4, -0.2) is 11.1 Å². The fourth-order valence-electron chi connectivity index (χ4n) is 1.54. The molecule has 0 fully saturated rings. The number of nitrogens with zero attached hydrogens (tertiary/aromatic N) is 1. The number of carboxylic acids is 1. The van der Waals surface area contributed by atoms with Crippen molar-refractivity contribution in [3.05, 3.63) is 53.0 Å². The fourth-order valence-corrected chi connectivity index (χ4v) is 1.54. The Hall–Kier alpha value is -2.74. The third-order valence-corrected chi connectivity index (χ3v) is 2.59. The van der Waals surface area contributed by atoms with Gasteiger partial charge in [-0.1, -0.05) is 6.07 Å². The molecule has 0 spiro atoms. The smallest absolute Gasteiger partial charge is 0.338 e. The summed E-state index contributed by atoms with van der Waals surface area (Å²) in [6.07, 6.45) is 1.17. The Morgan fingerprint density at radius 2 is 2.26 bits per heavy atom. The second-order valence-electron chi connectivity index (χ2n) is 3.99. The van der Waals surface area contributed by atoms with Crippen LogP contribution in [-0.2, 0) is 6.61 Å². The summed E-state index contributed by atoms with van der Waals surface area (Å²) in [5.74, 6) is -0.0517. The first-order chi connectivity index (χ1) is 9.10. The number of benzene rings is 1. The molecular formula is C14H11NO4. The van der Waals surface area contributed by atoms with Crippen molar-refractivity contribution in [1.29, 1.82) is 5.26 Å². The third kappa shape index (κ3) is 2.93. The number of hydrogen-bond acceptors (Lipinski definition) is 4. The van der Waals surface area contributed by atoms with Gasteiger partial charge in [-0.3, -0.25) is 0 Å². The van der Waals surface area contributed by atoms with Crippen molar-refractivity contribution in [3.63, 3.8) is 0 Å². The Labute approximate surface area is 109 Å². The van der Waals surface area contributed by atoms with Crippen LogP contribution in [0.5, 0.6) is 5.75 Å². The molecule has 19 heavy (non-hydrogen) atoms. The molecule has 2 aromatic rings. The molecule has 0 aliphatic carbocycles. The van der Waals surface area contributed by atoms with Gasteiger partial charge in [0.25, 0.3) is 0 Å². The summed E-state index contributed by atoms with van der Waals surface area (Å²) in [6.45, 7) is 1.98. The maximum atomic E-state index is 10.7. The van der Waals surface area contributed by atoms with Gasteiger partial charge in [-0.05, 0) is 30.7 Å². The van der Waals surface area contributed by atoms with Crippen molar-refractivity contribution < 1.29 is 19.1 Å². The topological polar surface area (TPSA) is 83.5 Å². The van der Waals surface area contributed by atoms with Crippen LogP contribution in [0.1, 0.15) is 27.2 Å². The molecule has 1 N–H and O–H groups in total. The van der Waals surface area contributed by atoms with Crippen LogP contribution >= 0.6 is 0 Å². The van der Waals surface area contributed by atoms with Crippen LogP contribution in [0, 0.1) is 18.3 Å².